The van der Waals surface area contributed by atoms with Crippen LogP contribution in [0.3, 0.4) is 0 Å². The number of thioether (sulfide) groups is 1. The van der Waals surface area contributed by atoms with Gasteiger partial charge in [-0.05, 0) is 38.4 Å². The minimum absolute atomic E-state index is 0.980. The van der Waals surface area contributed by atoms with Gasteiger partial charge in [0.2, 0.25) is 0 Å². The van der Waals surface area contributed by atoms with Gasteiger partial charge in [-0.3, -0.25) is 4.98 Å². The van der Waals surface area contributed by atoms with Gasteiger partial charge in [0.1, 0.15) is 5.03 Å². The summed E-state index contributed by atoms with van der Waals surface area (Å²) in [6.45, 7) is 1.03. The molecule has 112 valence electrons. The van der Waals surface area contributed by atoms with Crippen LogP contribution in [-0.2, 0) is 0 Å². The quantitative estimate of drug-likeness (QED) is 0.667. The van der Waals surface area contributed by atoms with Gasteiger partial charge in [-0.25, -0.2) is 4.98 Å². The average Bonchev–Trinajstić information content (AvgIpc) is 2.54. The Hall–Kier alpha value is -1.91. The summed E-state index contributed by atoms with van der Waals surface area (Å²) in [5.74, 6) is 1.01. The number of benzene rings is 1. The maximum absolute atomic E-state index is 4.85. The van der Waals surface area contributed by atoms with Crippen LogP contribution in [0.4, 0.5) is 0 Å². The predicted octanol–water partition coefficient (Wildman–Crippen LogP) is 3.95. The van der Waals surface area contributed by atoms with Crippen molar-refractivity contribution in [2.24, 2.45) is 0 Å². The smallest absolute Gasteiger partial charge is 0.106 e. The second kappa shape index (κ2) is 6.90. The van der Waals surface area contributed by atoms with Crippen molar-refractivity contribution < 1.29 is 0 Å². The monoisotopic (exact) mass is 309 g/mol. The molecule has 0 aliphatic carbocycles. The molecule has 2 heterocycles. The summed E-state index contributed by atoms with van der Waals surface area (Å²) in [6, 6.07) is 16.4. The Labute approximate surface area is 135 Å². The highest BCUT2D eigenvalue weighted by Crippen LogP contribution is 2.31. The van der Waals surface area contributed by atoms with E-state index >= 15 is 0 Å². The van der Waals surface area contributed by atoms with Gasteiger partial charge < -0.3 is 4.90 Å². The Morgan fingerprint density at radius 2 is 1.86 bits per heavy atom. The SMILES string of the molecule is CN(C)CCSc1nc2ccccc2cc1-c1ccccn1. The Balaban J connectivity index is 2.02. The molecule has 0 spiro atoms. The number of fused-ring (bicyclic) bond motifs is 1. The van der Waals surface area contributed by atoms with Gasteiger partial charge in [0.05, 0.1) is 11.2 Å². The van der Waals surface area contributed by atoms with E-state index in [1.165, 1.54) is 0 Å². The first-order chi connectivity index (χ1) is 10.7. The molecule has 0 aliphatic rings. The molecule has 3 nitrogen and oxygen atoms in total. The highest BCUT2D eigenvalue weighted by atomic mass is 32.2. The maximum Gasteiger partial charge on any atom is 0.106 e. The minimum Gasteiger partial charge on any atom is -0.309 e. The summed E-state index contributed by atoms with van der Waals surface area (Å²) in [4.78, 5) is 11.5. The van der Waals surface area contributed by atoms with Crippen molar-refractivity contribution in [1.82, 2.24) is 14.9 Å². The number of hydrogen-bond donors (Lipinski definition) is 0. The van der Waals surface area contributed by atoms with Crippen LogP contribution in [-0.4, -0.2) is 41.3 Å². The standard InChI is InChI=1S/C18H19N3S/c1-21(2)11-12-22-18-15(17-9-5-6-10-19-17)13-14-7-3-4-8-16(14)20-18/h3-10,13H,11-12H2,1-2H3. The van der Waals surface area contributed by atoms with Crippen LogP contribution in [0.5, 0.6) is 0 Å². The zero-order chi connectivity index (χ0) is 15.4. The average molecular weight is 309 g/mol. The molecule has 2 aromatic heterocycles. The van der Waals surface area contributed by atoms with Crippen molar-refractivity contribution in [2.75, 3.05) is 26.4 Å². The number of rotatable bonds is 5. The van der Waals surface area contributed by atoms with E-state index in [9.17, 15) is 0 Å². The molecule has 3 rings (SSSR count). The van der Waals surface area contributed by atoms with E-state index in [-0.39, 0.29) is 0 Å². The molecule has 0 bridgehead atoms. The van der Waals surface area contributed by atoms with Crippen molar-refractivity contribution >= 4 is 22.7 Å². The fraction of sp³-hybridized carbons (Fsp3) is 0.222. The lowest BCUT2D eigenvalue weighted by Crippen LogP contribution is -2.14. The zero-order valence-electron chi connectivity index (χ0n) is 12.9. The first kappa shape index (κ1) is 15.0. The predicted molar refractivity (Wildman–Crippen MR) is 94.3 cm³/mol. The van der Waals surface area contributed by atoms with Crippen LogP contribution in [0.15, 0.2) is 59.8 Å². The van der Waals surface area contributed by atoms with Crippen molar-refractivity contribution in [3.05, 3.63) is 54.7 Å². The Morgan fingerprint density at radius 1 is 1.05 bits per heavy atom. The lowest BCUT2D eigenvalue weighted by Gasteiger charge is -2.12. The Kier molecular flexibility index (Phi) is 4.71. The summed E-state index contributed by atoms with van der Waals surface area (Å²) in [7, 11) is 4.18. The highest BCUT2D eigenvalue weighted by molar-refractivity contribution is 7.99. The Bertz CT molecular complexity index is 757. The van der Waals surface area contributed by atoms with E-state index in [4.69, 9.17) is 4.98 Å². The third-order valence-electron chi connectivity index (χ3n) is 3.41. The molecule has 1 aromatic carbocycles. The summed E-state index contributed by atoms with van der Waals surface area (Å²) < 4.78 is 0. The molecular formula is C18H19N3S. The third kappa shape index (κ3) is 3.46. The maximum atomic E-state index is 4.85. The normalized spacial score (nSPS) is 11.2. The van der Waals surface area contributed by atoms with Crippen molar-refractivity contribution in [3.8, 4) is 11.3 Å². The molecule has 0 amide bonds. The topological polar surface area (TPSA) is 29.0 Å². The molecule has 0 radical (unpaired) electrons. The molecule has 4 heteroatoms. The minimum atomic E-state index is 0.980. The highest BCUT2D eigenvalue weighted by Gasteiger charge is 2.10. The molecule has 0 aliphatic heterocycles. The largest absolute Gasteiger partial charge is 0.309 e. The molecule has 0 fully saturated rings. The second-order valence-electron chi connectivity index (χ2n) is 5.40. The fourth-order valence-electron chi connectivity index (χ4n) is 2.24. The molecule has 0 atom stereocenters. The summed E-state index contributed by atoms with van der Waals surface area (Å²) in [5, 5.41) is 2.21. The van der Waals surface area contributed by atoms with Gasteiger partial charge in [0.25, 0.3) is 0 Å². The van der Waals surface area contributed by atoms with Gasteiger partial charge in [-0.2, -0.15) is 0 Å². The van der Waals surface area contributed by atoms with Crippen LogP contribution in [0.25, 0.3) is 22.2 Å². The number of nitrogens with zero attached hydrogens (tertiary/aromatic N) is 3. The molecule has 3 aromatic rings. The molecule has 0 N–H and O–H groups in total. The van der Waals surface area contributed by atoms with Crippen molar-refractivity contribution in [2.45, 2.75) is 5.03 Å². The molecule has 22 heavy (non-hydrogen) atoms. The number of pyridine rings is 2. The number of para-hydroxylation sites is 1. The molecule has 0 unspecified atom stereocenters. The number of aromatic nitrogens is 2. The zero-order valence-corrected chi connectivity index (χ0v) is 13.7. The van der Waals surface area contributed by atoms with E-state index in [2.05, 4.69) is 42.2 Å². The van der Waals surface area contributed by atoms with Crippen molar-refractivity contribution in [3.63, 3.8) is 0 Å². The number of hydrogen-bond acceptors (Lipinski definition) is 4. The Morgan fingerprint density at radius 3 is 2.64 bits per heavy atom. The van der Waals surface area contributed by atoms with E-state index in [0.29, 0.717) is 0 Å². The van der Waals surface area contributed by atoms with Gasteiger partial charge in [0, 0.05) is 29.4 Å². The lowest BCUT2D eigenvalue weighted by molar-refractivity contribution is 0.437. The first-order valence-corrected chi connectivity index (χ1v) is 8.31. The molecule has 0 saturated carbocycles. The van der Waals surface area contributed by atoms with Crippen LogP contribution in [0, 0.1) is 0 Å². The fourth-order valence-corrected chi connectivity index (χ4v) is 3.37. The lowest BCUT2D eigenvalue weighted by atomic mass is 10.1. The van der Waals surface area contributed by atoms with Gasteiger partial charge in [-0.1, -0.05) is 24.3 Å². The van der Waals surface area contributed by atoms with E-state index in [1.807, 2.05) is 36.5 Å². The van der Waals surface area contributed by atoms with Crippen LogP contribution < -0.4 is 0 Å². The van der Waals surface area contributed by atoms with E-state index in [0.717, 1.165) is 39.5 Å². The van der Waals surface area contributed by atoms with E-state index < -0.39 is 0 Å². The molecule has 0 saturated heterocycles. The second-order valence-corrected chi connectivity index (χ2v) is 6.48. The third-order valence-corrected chi connectivity index (χ3v) is 4.38. The molecular weight excluding hydrogens is 290 g/mol. The van der Waals surface area contributed by atoms with Crippen LogP contribution >= 0.6 is 11.8 Å². The van der Waals surface area contributed by atoms with Gasteiger partial charge in [-0.15, -0.1) is 11.8 Å². The van der Waals surface area contributed by atoms with Gasteiger partial charge >= 0.3 is 0 Å². The van der Waals surface area contributed by atoms with Crippen LogP contribution in [0.1, 0.15) is 0 Å². The summed E-state index contributed by atoms with van der Waals surface area (Å²) in [6.07, 6.45) is 1.83. The summed E-state index contributed by atoms with van der Waals surface area (Å²) in [5.41, 5.74) is 3.13. The summed E-state index contributed by atoms with van der Waals surface area (Å²) >= 11 is 1.79. The van der Waals surface area contributed by atoms with Crippen LogP contribution in [0.2, 0.25) is 0 Å². The van der Waals surface area contributed by atoms with Crippen molar-refractivity contribution in [1.29, 1.82) is 0 Å². The van der Waals surface area contributed by atoms with E-state index in [1.54, 1.807) is 11.8 Å². The van der Waals surface area contributed by atoms with Gasteiger partial charge in [0.15, 0.2) is 0 Å². The first-order valence-electron chi connectivity index (χ1n) is 7.33.